The number of hydrogen-bond acceptors (Lipinski definition) is 1. The van der Waals surface area contributed by atoms with E-state index in [9.17, 15) is 0 Å². The highest BCUT2D eigenvalue weighted by Crippen LogP contribution is 2.17. The fourth-order valence-electron chi connectivity index (χ4n) is 2.25. The summed E-state index contributed by atoms with van der Waals surface area (Å²) >= 11 is 5.43. The molecule has 3 heteroatoms. The van der Waals surface area contributed by atoms with Crippen LogP contribution in [-0.2, 0) is 0 Å². The maximum absolute atomic E-state index is 5.43. The first-order valence-electron chi connectivity index (χ1n) is 7.30. The van der Waals surface area contributed by atoms with E-state index >= 15 is 0 Å². The average Bonchev–Trinajstić information content (AvgIpc) is 2.49. The molecule has 0 saturated carbocycles. The van der Waals surface area contributed by atoms with E-state index in [1.54, 1.807) is 0 Å². The van der Waals surface area contributed by atoms with Crippen molar-refractivity contribution in [3.63, 3.8) is 0 Å². The molecule has 0 saturated heterocycles. The molecule has 0 bridgehead atoms. The summed E-state index contributed by atoms with van der Waals surface area (Å²) in [6, 6.07) is 16.9. The molecular formula is C18H22N2S. The number of nitrogens with one attached hydrogen (secondary N) is 2. The van der Waals surface area contributed by atoms with E-state index in [0.29, 0.717) is 5.11 Å². The van der Waals surface area contributed by atoms with Crippen molar-refractivity contribution in [2.24, 2.45) is 0 Å². The summed E-state index contributed by atoms with van der Waals surface area (Å²) in [5, 5.41) is 7.31. The van der Waals surface area contributed by atoms with Gasteiger partial charge in [0.1, 0.15) is 0 Å². The predicted octanol–water partition coefficient (Wildman–Crippen LogP) is 4.74. The van der Waals surface area contributed by atoms with Crippen molar-refractivity contribution in [2.45, 2.75) is 33.2 Å². The first-order valence-corrected chi connectivity index (χ1v) is 7.70. The molecule has 0 aromatic heterocycles. The van der Waals surface area contributed by atoms with E-state index in [0.717, 1.165) is 12.1 Å². The first-order chi connectivity index (χ1) is 10.1. The van der Waals surface area contributed by atoms with Crippen LogP contribution in [0.4, 0.5) is 5.69 Å². The Morgan fingerprint density at radius 3 is 2.38 bits per heavy atom. The third kappa shape index (κ3) is 4.30. The van der Waals surface area contributed by atoms with Gasteiger partial charge in [-0.25, -0.2) is 0 Å². The summed E-state index contributed by atoms with van der Waals surface area (Å²) in [5.74, 6) is 0. The first kappa shape index (κ1) is 15.5. The normalized spacial score (nSPS) is 11.8. The zero-order chi connectivity index (χ0) is 15.2. The minimum absolute atomic E-state index is 0.234. The van der Waals surface area contributed by atoms with Gasteiger partial charge >= 0.3 is 0 Å². The molecule has 2 N–H and O–H groups in total. The second-order valence-electron chi connectivity index (χ2n) is 5.27. The molecule has 0 amide bonds. The van der Waals surface area contributed by atoms with E-state index in [1.165, 1.54) is 16.7 Å². The van der Waals surface area contributed by atoms with Crippen LogP contribution in [-0.4, -0.2) is 5.11 Å². The molecule has 21 heavy (non-hydrogen) atoms. The number of thiocarbonyl (C=S) groups is 1. The van der Waals surface area contributed by atoms with Crippen LogP contribution in [0.1, 0.15) is 36.1 Å². The second kappa shape index (κ2) is 7.23. The van der Waals surface area contributed by atoms with Crippen molar-refractivity contribution in [1.82, 2.24) is 5.32 Å². The van der Waals surface area contributed by atoms with Crippen LogP contribution < -0.4 is 10.6 Å². The number of anilines is 1. The highest BCUT2D eigenvalue weighted by molar-refractivity contribution is 7.80. The zero-order valence-corrected chi connectivity index (χ0v) is 13.6. The molecule has 2 nitrogen and oxygen atoms in total. The lowest BCUT2D eigenvalue weighted by Gasteiger charge is -2.20. The zero-order valence-electron chi connectivity index (χ0n) is 12.8. The van der Waals surface area contributed by atoms with Crippen LogP contribution >= 0.6 is 12.2 Å². The van der Waals surface area contributed by atoms with E-state index < -0.39 is 0 Å². The van der Waals surface area contributed by atoms with Gasteiger partial charge in [0.05, 0.1) is 6.04 Å². The monoisotopic (exact) mass is 298 g/mol. The third-order valence-electron chi connectivity index (χ3n) is 3.68. The summed E-state index contributed by atoms with van der Waals surface area (Å²) in [6.45, 7) is 6.37. The molecule has 0 radical (unpaired) electrons. The van der Waals surface area contributed by atoms with Gasteiger partial charge in [0, 0.05) is 5.69 Å². The molecule has 0 aliphatic heterocycles. The molecular weight excluding hydrogens is 276 g/mol. The van der Waals surface area contributed by atoms with Gasteiger partial charge in [-0.1, -0.05) is 43.3 Å². The maximum atomic E-state index is 5.43. The molecule has 0 aliphatic carbocycles. The number of aryl methyl sites for hydroxylation is 2. The number of rotatable bonds is 4. The smallest absolute Gasteiger partial charge is 0.171 e. The Balaban J connectivity index is 2.01. The van der Waals surface area contributed by atoms with Crippen molar-refractivity contribution in [2.75, 3.05) is 5.32 Å². The lowest BCUT2D eigenvalue weighted by molar-refractivity contribution is 0.629. The Bertz CT molecular complexity index is 608. The SMILES string of the molecule is CC[C@H](NC(=S)Nc1ccc(C)c(C)c1)c1ccccc1. The Kier molecular flexibility index (Phi) is 5.34. The van der Waals surface area contributed by atoms with Gasteiger partial charge in [0.25, 0.3) is 0 Å². The minimum Gasteiger partial charge on any atom is -0.356 e. The molecule has 0 fully saturated rings. The number of hydrogen-bond donors (Lipinski definition) is 2. The van der Waals surface area contributed by atoms with Crippen molar-refractivity contribution < 1.29 is 0 Å². The van der Waals surface area contributed by atoms with Gasteiger partial charge in [0.2, 0.25) is 0 Å². The van der Waals surface area contributed by atoms with Gasteiger partial charge in [-0.05, 0) is 61.3 Å². The van der Waals surface area contributed by atoms with Crippen molar-refractivity contribution in [3.05, 3.63) is 65.2 Å². The van der Waals surface area contributed by atoms with Gasteiger partial charge in [-0.3, -0.25) is 0 Å². The average molecular weight is 298 g/mol. The molecule has 2 aromatic carbocycles. The summed E-state index contributed by atoms with van der Waals surface area (Å²) < 4.78 is 0. The maximum Gasteiger partial charge on any atom is 0.171 e. The van der Waals surface area contributed by atoms with Gasteiger partial charge < -0.3 is 10.6 Å². The molecule has 2 rings (SSSR count). The van der Waals surface area contributed by atoms with Crippen LogP contribution in [0, 0.1) is 13.8 Å². The largest absolute Gasteiger partial charge is 0.356 e. The van der Waals surface area contributed by atoms with Gasteiger partial charge in [-0.15, -0.1) is 0 Å². The molecule has 110 valence electrons. The minimum atomic E-state index is 0.234. The summed E-state index contributed by atoms with van der Waals surface area (Å²) in [5.41, 5.74) is 4.83. The molecule has 0 heterocycles. The number of benzene rings is 2. The highest BCUT2D eigenvalue weighted by atomic mass is 32.1. The Labute approximate surface area is 132 Å². The summed E-state index contributed by atoms with van der Waals surface area (Å²) in [4.78, 5) is 0. The molecule has 0 unspecified atom stereocenters. The van der Waals surface area contributed by atoms with Gasteiger partial charge in [-0.2, -0.15) is 0 Å². The Hall–Kier alpha value is -1.87. The van der Waals surface area contributed by atoms with Crippen LogP contribution in [0.5, 0.6) is 0 Å². The second-order valence-corrected chi connectivity index (χ2v) is 5.68. The Morgan fingerprint density at radius 1 is 1.05 bits per heavy atom. The Morgan fingerprint density at radius 2 is 1.76 bits per heavy atom. The molecule has 0 aliphatic rings. The standard InChI is InChI=1S/C18H22N2S/c1-4-17(15-8-6-5-7-9-15)20-18(21)19-16-11-10-13(2)14(3)12-16/h5-12,17H,4H2,1-3H3,(H2,19,20,21)/t17-/m0/s1. The molecule has 0 spiro atoms. The van der Waals surface area contributed by atoms with Crippen molar-refractivity contribution >= 4 is 23.0 Å². The topological polar surface area (TPSA) is 24.1 Å². The lowest BCUT2D eigenvalue weighted by Crippen LogP contribution is -2.32. The van der Waals surface area contributed by atoms with E-state index in [1.807, 2.05) is 6.07 Å². The third-order valence-corrected chi connectivity index (χ3v) is 3.90. The van der Waals surface area contributed by atoms with Crippen LogP contribution in [0.15, 0.2) is 48.5 Å². The molecule has 1 atom stereocenters. The fourth-order valence-corrected chi connectivity index (χ4v) is 2.51. The lowest BCUT2D eigenvalue weighted by atomic mass is 10.1. The van der Waals surface area contributed by atoms with E-state index in [-0.39, 0.29) is 6.04 Å². The summed E-state index contributed by atoms with van der Waals surface area (Å²) in [6.07, 6.45) is 0.985. The quantitative estimate of drug-likeness (QED) is 0.797. The predicted molar refractivity (Wildman–Crippen MR) is 94.7 cm³/mol. The summed E-state index contributed by atoms with van der Waals surface area (Å²) in [7, 11) is 0. The highest BCUT2D eigenvalue weighted by Gasteiger charge is 2.10. The van der Waals surface area contributed by atoms with Crippen LogP contribution in [0.3, 0.4) is 0 Å². The van der Waals surface area contributed by atoms with Gasteiger partial charge in [0.15, 0.2) is 5.11 Å². The van der Waals surface area contributed by atoms with Crippen molar-refractivity contribution in [3.8, 4) is 0 Å². The molecule has 2 aromatic rings. The van der Waals surface area contributed by atoms with Crippen LogP contribution in [0.2, 0.25) is 0 Å². The van der Waals surface area contributed by atoms with E-state index in [4.69, 9.17) is 12.2 Å². The fraction of sp³-hybridized carbons (Fsp3) is 0.278. The van der Waals surface area contributed by atoms with Crippen molar-refractivity contribution in [1.29, 1.82) is 0 Å². The van der Waals surface area contributed by atoms with Crippen LogP contribution in [0.25, 0.3) is 0 Å². The van der Waals surface area contributed by atoms with E-state index in [2.05, 4.69) is 73.9 Å².